The number of para-hydroxylation sites is 2. The number of imide groups is 1. The average molecular weight is 514 g/mol. The van der Waals surface area contributed by atoms with E-state index in [0.29, 0.717) is 17.8 Å². The van der Waals surface area contributed by atoms with Crippen LogP contribution in [0.2, 0.25) is 0 Å². The van der Waals surface area contributed by atoms with Crippen LogP contribution in [0.4, 0.5) is 14.9 Å². The SMILES string of the molecule is Cc1cccc(C)c1NC(=O)CN1C(=O)S/C(=C\c2cn(Cc3ccccc3F)c3ccccc23)C1=O. The van der Waals surface area contributed by atoms with Crippen LogP contribution in [0.1, 0.15) is 22.3 Å². The molecule has 4 aromatic rings. The van der Waals surface area contributed by atoms with Gasteiger partial charge in [-0.3, -0.25) is 19.3 Å². The third-order valence-corrected chi connectivity index (χ3v) is 7.23. The van der Waals surface area contributed by atoms with E-state index in [1.54, 1.807) is 24.3 Å². The zero-order valence-corrected chi connectivity index (χ0v) is 21.1. The number of thioether (sulfide) groups is 1. The fraction of sp³-hybridized carbons (Fsp3) is 0.138. The Morgan fingerprint density at radius 3 is 2.43 bits per heavy atom. The first-order chi connectivity index (χ1) is 17.8. The third-order valence-electron chi connectivity index (χ3n) is 6.33. The fourth-order valence-corrected chi connectivity index (χ4v) is 5.27. The van der Waals surface area contributed by atoms with Crippen molar-refractivity contribution >= 4 is 51.5 Å². The highest BCUT2D eigenvalue weighted by atomic mass is 32.2. The summed E-state index contributed by atoms with van der Waals surface area (Å²) in [6, 6.07) is 19.9. The van der Waals surface area contributed by atoms with Gasteiger partial charge in [0.25, 0.3) is 11.1 Å². The zero-order valence-electron chi connectivity index (χ0n) is 20.3. The molecule has 1 aliphatic heterocycles. The first-order valence-corrected chi connectivity index (χ1v) is 12.6. The van der Waals surface area contributed by atoms with Crippen LogP contribution in [-0.4, -0.2) is 33.1 Å². The molecule has 0 bridgehead atoms. The molecule has 5 rings (SSSR count). The number of halogens is 1. The van der Waals surface area contributed by atoms with Gasteiger partial charge in [0.2, 0.25) is 5.91 Å². The lowest BCUT2D eigenvalue weighted by Crippen LogP contribution is -2.36. The normalized spacial score (nSPS) is 14.7. The molecule has 0 saturated carbocycles. The maximum atomic E-state index is 14.3. The second kappa shape index (κ2) is 10.1. The van der Waals surface area contributed by atoms with Gasteiger partial charge in [0.05, 0.1) is 11.4 Å². The third kappa shape index (κ3) is 4.93. The number of nitrogens with one attached hydrogen (secondary N) is 1. The van der Waals surface area contributed by atoms with Gasteiger partial charge >= 0.3 is 0 Å². The Labute approximate surface area is 217 Å². The van der Waals surface area contributed by atoms with Gasteiger partial charge in [0.1, 0.15) is 12.4 Å². The highest BCUT2D eigenvalue weighted by molar-refractivity contribution is 8.18. The predicted molar refractivity (Wildman–Crippen MR) is 145 cm³/mol. The summed E-state index contributed by atoms with van der Waals surface area (Å²) in [6.45, 7) is 3.72. The number of hydrogen-bond donors (Lipinski definition) is 1. The molecule has 0 spiro atoms. The minimum absolute atomic E-state index is 0.235. The second-order valence-electron chi connectivity index (χ2n) is 8.90. The maximum Gasteiger partial charge on any atom is 0.294 e. The number of nitrogens with zero attached hydrogens (tertiary/aromatic N) is 2. The molecule has 1 saturated heterocycles. The van der Waals surface area contributed by atoms with E-state index in [1.165, 1.54) is 6.07 Å². The highest BCUT2D eigenvalue weighted by Gasteiger charge is 2.36. The number of fused-ring (bicyclic) bond motifs is 1. The van der Waals surface area contributed by atoms with Gasteiger partial charge < -0.3 is 9.88 Å². The van der Waals surface area contributed by atoms with Gasteiger partial charge in [-0.1, -0.05) is 54.6 Å². The Bertz CT molecular complexity index is 1570. The number of aryl methyl sites for hydroxylation is 2. The molecule has 37 heavy (non-hydrogen) atoms. The maximum absolute atomic E-state index is 14.3. The Morgan fingerprint density at radius 2 is 1.68 bits per heavy atom. The Morgan fingerprint density at radius 1 is 0.973 bits per heavy atom. The number of hydrogen-bond acceptors (Lipinski definition) is 4. The number of amides is 3. The fourth-order valence-electron chi connectivity index (χ4n) is 4.44. The van der Waals surface area contributed by atoms with Gasteiger partial charge in [-0.15, -0.1) is 0 Å². The lowest BCUT2D eigenvalue weighted by Gasteiger charge is -2.15. The van der Waals surface area contributed by atoms with Crippen LogP contribution in [0.15, 0.2) is 77.8 Å². The van der Waals surface area contributed by atoms with E-state index in [9.17, 15) is 18.8 Å². The van der Waals surface area contributed by atoms with Crippen molar-refractivity contribution in [2.45, 2.75) is 20.4 Å². The Hall–Kier alpha value is -4.17. The van der Waals surface area contributed by atoms with E-state index in [4.69, 9.17) is 0 Å². The summed E-state index contributed by atoms with van der Waals surface area (Å²) < 4.78 is 16.2. The molecule has 186 valence electrons. The summed E-state index contributed by atoms with van der Waals surface area (Å²) in [5.41, 5.74) is 4.63. The smallest absolute Gasteiger partial charge is 0.294 e. The first kappa shape index (κ1) is 24.5. The van der Waals surface area contributed by atoms with Crippen molar-refractivity contribution in [3.63, 3.8) is 0 Å². The molecule has 1 aliphatic rings. The van der Waals surface area contributed by atoms with E-state index < -0.39 is 17.1 Å². The van der Waals surface area contributed by atoms with E-state index in [1.807, 2.05) is 67.1 Å². The van der Waals surface area contributed by atoms with Gasteiger partial charge in [-0.2, -0.15) is 0 Å². The van der Waals surface area contributed by atoms with E-state index in [0.717, 1.165) is 44.3 Å². The summed E-state index contributed by atoms with van der Waals surface area (Å²) in [6.07, 6.45) is 3.51. The number of benzene rings is 3. The molecular formula is C29H24FN3O3S. The number of anilines is 1. The topological polar surface area (TPSA) is 71.4 Å². The van der Waals surface area contributed by atoms with Crippen LogP contribution < -0.4 is 5.32 Å². The van der Waals surface area contributed by atoms with Crippen LogP contribution in [-0.2, 0) is 16.1 Å². The lowest BCUT2D eigenvalue weighted by molar-refractivity contribution is -0.127. The molecule has 0 unspecified atom stereocenters. The number of rotatable bonds is 6. The van der Waals surface area contributed by atoms with Crippen LogP contribution in [0.25, 0.3) is 17.0 Å². The molecule has 2 heterocycles. The van der Waals surface area contributed by atoms with Crippen LogP contribution in [0.3, 0.4) is 0 Å². The number of carbonyl (C=O) groups is 3. The molecule has 3 aromatic carbocycles. The quantitative estimate of drug-likeness (QED) is 0.315. The van der Waals surface area contributed by atoms with Crippen LogP contribution >= 0.6 is 11.8 Å². The molecular weight excluding hydrogens is 489 g/mol. The first-order valence-electron chi connectivity index (χ1n) is 11.7. The Balaban J connectivity index is 1.39. The van der Waals surface area contributed by atoms with Gasteiger partial charge in [-0.25, -0.2) is 4.39 Å². The molecule has 6 nitrogen and oxygen atoms in total. The monoisotopic (exact) mass is 513 g/mol. The van der Waals surface area contributed by atoms with E-state index in [-0.39, 0.29) is 17.3 Å². The van der Waals surface area contributed by atoms with E-state index in [2.05, 4.69) is 5.32 Å². The lowest BCUT2D eigenvalue weighted by atomic mass is 10.1. The summed E-state index contributed by atoms with van der Waals surface area (Å²) in [4.78, 5) is 39.6. The van der Waals surface area contributed by atoms with Crippen LogP contribution in [0.5, 0.6) is 0 Å². The molecule has 0 radical (unpaired) electrons. The molecule has 3 amide bonds. The zero-order chi connectivity index (χ0) is 26.1. The standard InChI is InChI=1S/C29H24FN3O3S/c1-18-8-7-9-19(2)27(18)31-26(34)17-33-28(35)25(37-29(33)36)14-21-16-32(24-13-6-4-11-22(21)24)15-20-10-3-5-12-23(20)30/h3-14,16H,15,17H2,1-2H3,(H,31,34)/b25-14-. The molecule has 1 fully saturated rings. The summed E-state index contributed by atoms with van der Waals surface area (Å²) in [5.74, 6) is -1.25. The second-order valence-corrected chi connectivity index (χ2v) is 9.90. The van der Waals surface area contributed by atoms with Crippen molar-refractivity contribution in [3.05, 3.63) is 106 Å². The minimum atomic E-state index is -0.516. The van der Waals surface area contributed by atoms with E-state index >= 15 is 0 Å². The minimum Gasteiger partial charge on any atom is -0.342 e. The summed E-state index contributed by atoms with van der Waals surface area (Å²) in [7, 11) is 0. The molecule has 0 aliphatic carbocycles. The highest BCUT2D eigenvalue weighted by Crippen LogP contribution is 2.34. The number of carbonyl (C=O) groups excluding carboxylic acids is 3. The number of aromatic nitrogens is 1. The predicted octanol–water partition coefficient (Wildman–Crippen LogP) is 6.12. The van der Waals surface area contributed by atoms with Crippen molar-refractivity contribution < 1.29 is 18.8 Å². The van der Waals surface area contributed by atoms with Gasteiger partial charge in [-0.05, 0) is 54.9 Å². The summed E-state index contributed by atoms with van der Waals surface area (Å²) >= 11 is 0.805. The molecule has 1 aromatic heterocycles. The Kier molecular flexibility index (Phi) is 6.67. The summed E-state index contributed by atoms with van der Waals surface area (Å²) in [5, 5.41) is 3.19. The van der Waals surface area contributed by atoms with Crippen molar-refractivity contribution in [2.75, 3.05) is 11.9 Å². The van der Waals surface area contributed by atoms with Crippen molar-refractivity contribution in [2.24, 2.45) is 0 Å². The van der Waals surface area contributed by atoms with Gasteiger partial charge in [0.15, 0.2) is 0 Å². The average Bonchev–Trinajstić information content (AvgIpc) is 3.35. The van der Waals surface area contributed by atoms with Crippen LogP contribution in [0, 0.1) is 19.7 Å². The molecule has 1 N–H and O–H groups in total. The largest absolute Gasteiger partial charge is 0.342 e. The molecule has 0 atom stereocenters. The van der Waals surface area contributed by atoms with Crippen molar-refractivity contribution in [1.29, 1.82) is 0 Å². The molecule has 8 heteroatoms. The van der Waals surface area contributed by atoms with Crippen molar-refractivity contribution in [1.82, 2.24) is 9.47 Å². The van der Waals surface area contributed by atoms with Crippen molar-refractivity contribution in [3.8, 4) is 0 Å². The van der Waals surface area contributed by atoms with Gasteiger partial charge in [0, 0.05) is 33.9 Å².